The van der Waals surface area contributed by atoms with Crippen LogP contribution in [0.15, 0.2) is 0 Å². The van der Waals surface area contributed by atoms with Crippen molar-refractivity contribution in [2.45, 2.75) is 141 Å². The molecule has 0 aliphatic heterocycles. The van der Waals surface area contributed by atoms with Gasteiger partial charge in [0, 0.05) is 0 Å². The number of rotatable bonds is 23. The lowest BCUT2D eigenvalue weighted by Crippen LogP contribution is -2.55. The van der Waals surface area contributed by atoms with E-state index in [0.717, 1.165) is 0 Å². The highest BCUT2D eigenvalue weighted by Crippen LogP contribution is 2.23. The van der Waals surface area contributed by atoms with E-state index in [-0.39, 0.29) is 0 Å². The lowest BCUT2D eigenvalue weighted by Gasteiger charge is -2.36. The fourth-order valence-corrected chi connectivity index (χ4v) is 3.85. The van der Waals surface area contributed by atoms with Crippen LogP contribution in [-0.2, 0) is 57.2 Å². The SMILES string of the molecule is CC(O)CC(=O)OC[C@H](OC(=O)CC(C)O)[C@@H](OC(=O)CC(C)O)[C@H](OC(=O)CC(C)O)[C@@H](COC(=O)CC(C)O)OC(=O)CC(C)O. The zero-order valence-corrected chi connectivity index (χ0v) is 28.0. The molecule has 0 aliphatic carbocycles. The molecule has 18 nitrogen and oxygen atoms in total. The van der Waals surface area contributed by atoms with Crippen LogP contribution < -0.4 is 0 Å². The van der Waals surface area contributed by atoms with Gasteiger partial charge in [0.2, 0.25) is 0 Å². The van der Waals surface area contributed by atoms with Crippen molar-refractivity contribution in [1.29, 1.82) is 0 Å². The van der Waals surface area contributed by atoms with Gasteiger partial charge in [-0.25, -0.2) is 0 Å². The second-order valence-corrected chi connectivity index (χ2v) is 11.7. The summed E-state index contributed by atoms with van der Waals surface area (Å²) >= 11 is 0. The fourth-order valence-electron chi connectivity index (χ4n) is 3.85. The first-order valence-electron chi connectivity index (χ1n) is 15.4. The Labute approximate surface area is 278 Å². The van der Waals surface area contributed by atoms with E-state index < -0.39 is 149 Å². The van der Waals surface area contributed by atoms with Crippen molar-refractivity contribution in [2.75, 3.05) is 13.2 Å². The minimum absolute atomic E-state index is 0.521. The molecule has 278 valence electrons. The molecule has 0 radical (unpaired) electrons. The van der Waals surface area contributed by atoms with E-state index in [2.05, 4.69) is 0 Å². The molecule has 0 saturated heterocycles. The van der Waals surface area contributed by atoms with Gasteiger partial charge in [0.05, 0.1) is 75.1 Å². The molecule has 10 atom stereocenters. The van der Waals surface area contributed by atoms with Gasteiger partial charge in [0.1, 0.15) is 13.2 Å². The average molecular weight is 699 g/mol. The van der Waals surface area contributed by atoms with Crippen LogP contribution in [0.5, 0.6) is 0 Å². The Balaban J connectivity index is 7.23. The van der Waals surface area contributed by atoms with Gasteiger partial charge in [-0.05, 0) is 41.5 Å². The maximum atomic E-state index is 12.9. The van der Waals surface area contributed by atoms with Gasteiger partial charge in [-0.15, -0.1) is 0 Å². The first kappa shape index (κ1) is 44.6. The third-order valence-corrected chi connectivity index (χ3v) is 5.75. The highest BCUT2D eigenvalue weighted by atomic mass is 16.6. The summed E-state index contributed by atoms with van der Waals surface area (Å²) in [5, 5.41) is 58.2. The van der Waals surface area contributed by atoms with Gasteiger partial charge < -0.3 is 59.1 Å². The summed E-state index contributed by atoms with van der Waals surface area (Å²) in [5.74, 6) is -6.64. The predicted octanol–water partition coefficient (Wildman–Crippen LogP) is -1.65. The van der Waals surface area contributed by atoms with Gasteiger partial charge in [0.25, 0.3) is 0 Å². The first-order valence-corrected chi connectivity index (χ1v) is 15.4. The summed E-state index contributed by atoms with van der Waals surface area (Å²) in [4.78, 5) is 76.0. The van der Waals surface area contributed by atoms with Crippen LogP contribution in [0.2, 0.25) is 0 Å². The summed E-state index contributed by atoms with van der Waals surface area (Å²) in [6.45, 7) is 5.68. The van der Waals surface area contributed by atoms with Gasteiger partial charge in [-0.1, -0.05) is 0 Å². The minimum atomic E-state index is -2.06. The van der Waals surface area contributed by atoms with Gasteiger partial charge in [0.15, 0.2) is 24.4 Å². The quantitative estimate of drug-likeness (QED) is 0.0515. The van der Waals surface area contributed by atoms with Crippen LogP contribution in [0.3, 0.4) is 0 Å². The Bertz CT molecular complexity index is 941. The number of aliphatic hydroxyl groups is 6. The highest BCUT2D eigenvalue weighted by Gasteiger charge is 2.46. The van der Waals surface area contributed by atoms with Crippen LogP contribution in [0.4, 0.5) is 0 Å². The van der Waals surface area contributed by atoms with E-state index in [1.807, 2.05) is 0 Å². The third-order valence-electron chi connectivity index (χ3n) is 5.75. The number of hydrogen-bond donors (Lipinski definition) is 6. The normalized spacial score (nSPS) is 17.5. The van der Waals surface area contributed by atoms with Gasteiger partial charge in [-0.2, -0.15) is 0 Å². The second-order valence-electron chi connectivity index (χ2n) is 11.7. The summed E-state index contributed by atoms with van der Waals surface area (Å²) in [6.07, 6.45) is -18.9. The summed E-state index contributed by atoms with van der Waals surface area (Å²) in [6, 6.07) is 0. The Morgan fingerprint density at radius 3 is 0.812 bits per heavy atom. The topological polar surface area (TPSA) is 279 Å². The molecule has 0 aromatic carbocycles. The van der Waals surface area contributed by atoms with E-state index in [9.17, 15) is 59.4 Å². The lowest BCUT2D eigenvalue weighted by molar-refractivity contribution is -0.211. The molecule has 48 heavy (non-hydrogen) atoms. The standard InChI is InChI=1S/C30H50O18/c1-15(31)7-23(37)43-13-21(45-25(39)9-17(3)33)29(47-27(41)11-19(5)35)30(48-28(42)12-20(6)36)22(46-26(40)10-18(4)34)14-44-24(38)8-16(2)32/h15-22,29-36H,7-14H2,1-6H3/t15?,16?,17?,18?,19?,20?,21-,22+,29-,30-/m1/s1. The molecule has 0 fully saturated rings. The van der Waals surface area contributed by atoms with Crippen molar-refractivity contribution < 1.29 is 87.8 Å². The molecule has 18 heteroatoms. The molecular formula is C30H50O18. The second kappa shape index (κ2) is 23.0. The zero-order valence-electron chi connectivity index (χ0n) is 28.0. The van der Waals surface area contributed by atoms with E-state index in [4.69, 9.17) is 28.4 Å². The van der Waals surface area contributed by atoms with E-state index >= 15 is 0 Å². The van der Waals surface area contributed by atoms with Gasteiger partial charge in [-0.3, -0.25) is 28.8 Å². The molecular weight excluding hydrogens is 648 g/mol. The number of carbonyl (C=O) groups excluding carboxylic acids is 6. The number of ether oxygens (including phenoxy) is 6. The first-order chi connectivity index (χ1) is 22.2. The minimum Gasteiger partial charge on any atom is -0.461 e. The number of carbonyl (C=O) groups is 6. The Hall–Kier alpha value is -3.42. The largest absolute Gasteiger partial charge is 0.461 e. The average Bonchev–Trinajstić information content (AvgIpc) is 2.88. The van der Waals surface area contributed by atoms with Crippen molar-refractivity contribution in [3.05, 3.63) is 0 Å². The molecule has 0 aromatic rings. The van der Waals surface area contributed by atoms with Crippen molar-refractivity contribution in [1.82, 2.24) is 0 Å². The van der Waals surface area contributed by atoms with Crippen LogP contribution in [-0.4, -0.2) is 141 Å². The molecule has 0 aliphatic rings. The van der Waals surface area contributed by atoms with E-state index in [1.54, 1.807) is 0 Å². The van der Waals surface area contributed by atoms with Crippen LogP contribution in [0.1, 0.15) is 80.1 Å². The van der Waals surface area contributed by atoms with Crippen molar-refractivity contribution in [2.24, 2.45) is 0 Å². The Morgan fingerprint density at radius 2 is 0.583 bits per heavy atom. The predicted molar refractivity (Wildman–Crippen MR) is 159 cm³/mol. The van der Waals surface area contributed by atoms with Crippen LogP contribution in [0.25, 0.3) is 0 Å². The molecule has 0 rings (SSSR count). The zero-order chi connectivity index (χ0) is 37.1. The van der Waals surface area contributed by atoms with Crippen LogP contribution >= 0.6 is 0 Å². The fraction of sp³-hybridized carbons (Fsp3) is 0.800. The van der Waals surface area contributed by atoms with Crippen LogP contribution in [0, 0.1) is 0 Å². The smallest absolute Gasteiger partial charge is 0.308 e. The number of esters is 6. The lowest BCUT2D eigenvalue weighted by atomic mass is 10.0. The molecule has 6 unspecified atom stereocenters. The summed E-state index contributed by atoms with van der Waals surface area (Å²) in [7, 11) is 0. The van der Waals surface area contributed by atoms with Gasteiger partial charge >= 0.3 is 35.8 Å². The molecule has 0 bridgehead atoms. The summed E-state index contributed by atoms with van der Waals surface area (Å²) in [5.41, 5.74) is 0. The van der Waals surface area contributed by atoms with Crippen molar-refractivity contribution >= 4 is 35.8 Å². The molecule has 0 amide bonds. The maximum Gasteiger partial charge on any atom is 0.308 e. The van der Waals surface area contributed by atoms with E-state index in [1.165, 1.54) is 41.5 Å². The van der Waals surface area contributed by atoms with E-state index in [0.29, 0.717) is 0 Å². The molecule has 0 heterocycles. The molecule has 0 spiro atoms. The Morgan fingerprint density at radius 1 is 0.375 bits per heavy atom. The molecule has 0 aromatic heterocycles. The monoisotopic (exact) mass is 698 g/mol. The number of aliphatic hydroxyl groups excluding tert-OH is 6. The van der Waals surface area contributed by atoms with Crippen molar-refractivity contribution in [3.63, 3.8) is 0 Å². The molecule has 6 N–H and O–H groups in total. The van der Waals surface area contributed by atoms with Crippen molar-refractivity contribution in [3.8, 4) is 0 Å². The maximum absolute atomic E-state index is 12.9. The Kier molecular flexibility index (Phi) is 21.4. The summed E-state index contributed by atoms with van der Waals surface area (Å²) < 4.78 is 32.0. The molecule has 0 saturated carbocycles. The highest BCUT2D eigenvalue weighted by molar-refractivity contribution is 5.73. The number of hydrogen-bond acceptors (Lipinski definition) is 18. The third kappa shape index (κ3) is 21.5.